The van der Waals surface area contributed by atoms with E-state index in [9.17, 15) is 4.79 Å². The van der Waals surface area contributed by atoms with Gasteiger partial charge in [-0.25, -0.2) is 4.98 Å². The molecule has 1 aliphatic rings. The van der Waals surface area contributed by atoms with Crippen LogP contribution in [0.15, 0.2) is 42.6 Å². The highest BCUT2D eigenvalue weighted by molar-refractivity contribution is 6.42. The van der Waals surface area contributed by atoms with Crippen LogP contribution in [-0.4, -0.2) is 37.0 Å². The Morgan fingerprint density at radius 2 is 1.83 bits per heavy atom. The van der Waals surface area contributed by atoms with E-state index in [0.717, 1.165) is 37.6 Å². The van der Waals surface area contributed by atoms with E-state index in [1.807, 2.05) is 35.4 Å². The standard InChI is InChI=1S/C17H17Cl2N3O/c18-14-5-4-13(11-15(14)19)12-17(23)22-9-7-21(8-10-22)16-3-1-2-6-20-16/h1-6,11H,7-10,12H2/p+1. The van der Waals surface area contributed by atoms with Gasteiger partial charge in [0.05, 0.1) is 35.8 Å². The molecule has 3 rings (SSSR count). The van der Waals surface area contributed by atoms with Crippen LogP contribution in [0.2, 0.25) is 10.0 Å². The molecule has 4 nitrogen and oxygen atoms in total. The van der Waals surface area contributed by atoms with Crippen molar-refractivity contribution >= 4 is 34.9 Å². The highest BCUT2D eigenvalue weighted by Gasteiger charge is 2.25. The molecule has 1 saturated heterocycles. The lowest BCUT2D eigenvalue weighted by molar-refractivity contribution is -0.364. The van der Waals surface area contributed by atoms with E-state index in [0.29, 0.717) is 16.5 Å². The third kappa shape index (κ3) is 3.95. The molecule has 1 aliphatic heterocycles. The van der Waals surface area contributed by atoms with E-state index in [1.54, 1.807) is 12.1 Å². The van der Waals surface area contributed by atoms with E-state index < -0.39 is 0 Å². The molecule has 0 atom stereocenters. The molecule has 120 valence electrons. The van der Waals surface area contributed by atoms with Crippen molar-refractivity contribution in [1.82, 2.24) is 4.90 Å². The summed E-state index contributed by atoms with van der Waals surface area (Å²) in [5.74, 6) is 1.21. The van der Waals surface area contributed by atoms with Crippen molar-refractivity contribution in [1.29, 1.82) is 0 Å². The first-order chi connectivity index (χ1) is 11.1. The van der Waals surface area contributed by atoms with Gasteiger partial charge in [0.25, 0.3) is 5.82 Å². The minimum Gasteiger partial charge on any atom is -0.335 e. The normalized spacial score (nSPS) is 14.9. The maximum Gasteiger partial charge on any atom is 0.274 e. The zero-order valence-corrected chi connectivity index (χ0v) is 14.1. The average Bonchev–Trinajstić information content (AvgIpc) is 2.59. The Hall–Kier alpha value is -1.78. The number of halogens is 2. The first kappa shape index (κ1) is 16.1. The Balaban J connectivity index is 1.57. The number of nitrogens with zero attached hydrogens (tertiary/aromatic N) is 2. The first-order valence-corrected chi connectivity index (χ1v) is 8.32. The number of piperazine rings is 1. The molecule has 2 heterocycles. The number of nitrogens with one attached hydrogen (secondary N) is 1. The molecular weight excluding hydrogens is 333 g/mol. The second-order valence-corrected chi connectivity index (χ2v) is 6.36. The van der Waals surface area contributed by atoms with Crippen molar-refractivity contribution in [2.75, 3.05) is 31.1 Å². The van der Waals surface area contributed by atoms with Crippen LogP contribution in [0.4, 0.5) is 5.82 Å². The van der Waals surface area contributed by atoms with Gasteiger partial charge in [0, 0.05) is 6.07 Å². The predicted octanol–water partition coefficient (Wildman–Crippen LogP) is 2.70. The number of rotatable bonds is 3. The van der Waals surface area contributed by atoms with Crippen LogP contribution in [0, 0.1) is 0 Å². The van der Waals surface area contributed by atoms with Crippen LogP contribution in [0.3, 0.4) is 0 Å². The molecule has 0 radical (unpaired) electrons. The summed E-state index contributed by atoms with van der Waals surface area (Å²) in [6.45, 7) is 3.10. The minimum atomic E-state index is 0.125. The Bertz CT molecular complexity index is 685. The molecule has 1 N–H and O–H groups in total. The summed E-state index contributed by atoms with van der Waals surface area (Å²) >= 11 is 11.9. The van der Waals surface area contributed by atoms with Gasteiger partial charge in [0.1, 0.15) is 13.1 Å². The summed E-state index contributed by atoms with van der Waals surface area (Å²) < 4.78 is 0. The largest absolute Gasteiger partial charge is 0.335 e. The zero-order chi connectivity index (χ0) is 16.2. The molecule has 1 fully saturated rings. The fourth-order valence-corrected chi connectivity index (χ4v) is 3.03. The topological polar surface area (TPSA) is 37.7 Å². The average molecular weight is 351 g/mol. The van der Waals surface area contributed by atoms with Crippen LogP contribution >= 0.6 is 23.2 Å². The van der Waals surface area contributed by atoms with E-state index >= 15 is 0 Å². The summed E-state index contributed by atoms with van der Waals surface area (Å²) in [6.07, 6.45) is 2.27. The summed E-state index contributed by atoms with van der Waals surface area (Å²) in [6, 6.07) is 11.4. The predicted molar refractivity (Wildman–Crippen MR) is 92.0 cm³/mol. The smallest absolute Gasteiger partial charge is 0.274 e. The second-order valence-electron chi connectivity index (χ2n) is 5.54. The Kier molecular flexibility index (Phi) is 5.03. The number of aromatic amines is 1. The van der Waals surface area contributed by atoms with Crippen LogP contribution in [0.1, 0.15) is 5.56 Å². The van der Waals surface area contributed by atoms with E-state index in [2.05, 4.69) is 9.88 Å². The highest BCUT2D eigenvalue weighted by atomic mass is 35.5. The van der Waals surface area contributed by atoms with Crippen LogP contribution in [0.25, 0.3) is 0 Å². The van der Waals surface area contributed by atoms with Crippen molar-refractivity contribution in [2.45, 2.75) is 6.42 Å². The third-order valence-corrected chi connectivity index (χ3v) is 4.74. The van der Waals surface area contributed by atoms with Crippen LogP contribution in [-0.2, 0) is 11.2 Å². The van der Waals surface area contributed by atoms with Gasteiger partial charge >= 0.3 is 0 Å². The molecule has 0 spiro atoms. The fraction of sp³-hybridized carbons (Fsp3) is 0.294. The monoisotopic (exact) mass is 350 g/mol. The Morgan fingerprint density at radius 3 is 2.48 bits per heavy atom. The maximum absolute atomic E-state index is 12.4. The van der Waals surface area contributed by atoms with Gasteiger partial charge in [-0.05, 0) is 23.8 Å². The molecular formula is C17H18Cl2N3O+. The number of aromatic nitrogens is 1. The Morgan fingerprint density at radius 1 is 1.04 bits per heavy atom. The van der Waals surface area contributed by atoms with Gasteiger partial charge in [-0.3, -0.25) is 9.69 Å². The molecule has 0 unspecified atom stereocenters. The number of benzene rings is 1. The van der Waals surface area contributed by atoms with Crippen LogP contribution < -0.4 is 9.88 Å². The molecule has 1 aromatic heterocycles. The zero-order valence-electron chi connectivity index (χ0n) is 12.6. The van der Waals surface area contributed by atoms with Gasteiger partial charge < -0.3 is 4.90 Å². The molecule has 23 heavy (non-hydrogen) atoms. The number of pyridine rings is 1. The summed E-state index contributed by atoms with van der Waals surface area (Å²) in [5.41, 5.74) is 0.892. The fourth-order valence-electron chi connectivity index (χ4n) is 2.71. The number of H-pyrrole nitrogens is 1. The van der Waals surface area contributed by atoms with Crippen molar-refractivity contribution in [3.05, 3.63) is 58.2 Å². The van der Waals surface area contributed by atoms with Gasteiger partial charge in [0.2, 0.25) is 5.91 Å². The van der Waals surface area contributed by atoms with Gasteiger partial charge in [-0.1, -0.05) is 35.3 Å². The molecule has 0 aliphatic carbocycles. The molecule has 2 aromatic rings. The number of hydrogen-bond acceptors (Lipinski definition) is 2. The van der Waals surface area contributed by atoms with Crippen molar-refractivity contribution in [3.63, 3.8) is 0 Å². The summed E-state index contributed by atoms with van der Waals surface area (Å²) in [5, 5.41) is 0.997. The molecule has 6 heteroatoms. The van der Waals surface area contributed by atoms with E-state index in [1.165, 1.54) is 0 Å². The highest BCUT2D eigenvalue weighted by Crippen LogP contribution is 2.23. The summed E-state index contributed by atoms with van der Waals surface area (Å²) in [7, 11) is 0. The van der Waals surface area contributed by atoms with Crippen molar-refractivity contribution in [3.8, 4) is 0 Å². The lowest BCUT2D eigenvalue weighted by Crippen LogP contribution is -2.50. The number of amides is 1. The quantitative estimate of drug-likeness (QED) is 0.853. The molecule has 1 aromatic carbocycles. The van der Waals surface area contributed by atoms with Crippen LogP contribution in [0.5, 0.6) is 0 Å². The molecule has 1 amide bonds. The van der Waals surface area contributed by atoms with Gasteiger partial charge in [0.15, 0.2) is 0 Å². The summed E-state index contributed by atoms with van der Waals surface area (Å²) in [4.78, 5) is 19.8. The lowest BCUT2D eigenvalue weighted by Gasteiger charge is -2.31. The molecule has 0 saturated carbocycles. The lowest BCUT2D eigenvalue weighted by atomic mass is 10.1. The van der Waals surface area contributed by atoms with E-state index in [4.69, 9.17) is 23.2 Å². The minimum absolute atomic E-state index is 0.125. The number of carbonyl (C=O) groups is 1. The van der Waals surface area contributed by atoms with Gasteiger partial charge in [-0.15, -0.1) is 0 Å². The molecule has 0 bridgehead atoms. The Labute approximate surface area is 145 Å². The second kappa shape index (κ2) is 7.20. The van der Waals surface area contributed by atoms with Crippen molar-refractivity contribution in [2.24, 2.45) is 0 Å². The third-order valence-electron chi connectivity index (χ3n) is 4.01. The number of carbonyl (C=O) groups excluding carboxylic acids is 1. The SMILES string of the molecule is O=C(Cc1ccc(Cl)c(Cl)c1)N1CCN(c2cccc[nH+]2)CC1. The van der Waals surface area contributed by atoms with E-state index in [-0.39, 0.29) is 5.91 Å². The number of hydrogen-bond donors (Lipinski definition) is 0. The van der Waals surface area contributed by atoms with Crippen molar-refractivity contribution < 1.29 is 9.78 Å². The maximum atomic E-state index is 12.4. The van der Waals surface area contributed by atoms with Gasteiger partial charge in [-0.2, -0.15) is 0 Å². The first-order valence-electron chi connectivity index (χ1n) is 7.57. The number of anilines is 1.